The molecule has 1 aromatic heterocycles. The zero-order valence-electron chi connectivity index (χ0n) is 18.8. The van der Waals surface area contributed by atoms with E-state index in [1.165, 1.54) is 24.0 Å². The number of hydrogen-bond acceptors (Lipinski definition) is 2. The van der Waals surface area contributed by atoms with Gasteiger partial charge in [-0.25, -0.2) is 0 Å². The quantitative estimate of drug-likeness (QED) is 0.608. The van der Waals surface area contributed by atoms with Crippen LogP contribution in [-0.2, 0) is 7.05 Å². The van der Waals surface area contributed by atoms with Crippen molar-refractivity contribution >= 4 is 29.2 Å². The molecule has 2 aliphatic rings. The molecule has 1 amide bonds. The third-order valence-electron chi connectivity index (χ3n) is 7.52. The highest BCUT2D eigenvalue weighted by Gasteiger charge is 2.39. The Morgan fingerprint density at radius 2 is 1.58 bits per heavy atom. The normalized spacial score (nSPS) is 23.0. The predicted octanol–water partition coefficient (Wildman–Crippen LogP) is 5.24. The molecule has 2 saturated heterocycles. The van der Waals surface area contributed by atoms with E-state index in [1.807, 2.05) is 18.2 Å². The van der Waals surface area contributed by atoms with Crippen molar-refractivity contribution in [2.45, 2.75) is 57.7 Å². The SMILES string of the molecule is Cc1cc2c(C(=O)N[C@H]3C[C@H]4CC[C@@H](C3)N4C)c(-c3ccccc3)n(C)c2cc1C.Cl. The van der Waals surface area contributed by atoms with E-state index in [9.17, 15) is 4.79 Å². The van der Waals surface area contributed by atoms with Crippen LogP contribution >= 0.6 is 12.4 Å². The van der Waals surface area contributed by atoms with Crippen molar-refractivity contribution in [3.05, 3.63) is 59.2 Å². The summed E-state index contributed by atoms with van der Waals surface area (Å²) in [5, 5.41) is 4.48. The summed E-state index contributed by atoms with van der Waals surface area (Å²) in [4.78, 5) is 16.2. The molecule has 164 valence electrons. The molecule has 0 saturated carbocycles. The molecule has 0 unspecified atom stereocenters. The zero-order chi connectivity index (χ0) is 21.0. The number of carbonyl (C=O) groups excluding carboxylic acids is 1. The standard InChI is InChI=1S/C26H31N3O.ClH/c1-16-12-22-23(13-17(16)2)29(4)25(18-8-6-5-7-9-18)24(22)26(30)27-19-14-20-10-11-21(15-19)28(20)3;/h5-9,12-13,19-21H,10-11,14-15H2,1-4H3,(H,27,30);1H/t19-,20+,21-;. The molecule has 2 aliphatic heterocycles. The summed E-state index contributed by atoms with van der Waals surface area (Å²) in [6, 6.07) is 16.2. The zero-order valence-corrected chi connectivity index (χ0v) is 19.6. The van der Waals surface area contributed by atoms with Crippen molar-refractivity contribution < 1.29 is 4.79 Å². The maximum absolute atomic E-state index is 13.7. The lowest BCUT2D eigenvalue weighted by molar-refractivity contribution is 0.0884. The van der Waals surface area contributed by atoms with Gasteiger partial charge in [-0.2, -0.15) is 0 Å². The first-order chi connectivity index (χ1) is 14.4. The van der Waals surface area contributed by atoms with Crippen molar-refractivity contribution in [1.29, 1.82) is 0 Å². The van der Waals surface area contributed by atoms with Crippen LogP contribution in [-0.4, -0.2) is 40.5 Å². The van der Waals surface area contributed by atoms with Crippen LogP contribution in [0.1, 0.15) is 47.2 Å². The third-order valence-corrected chi connectivity index (χ3v) is 7.52. The average Bonchev–Trinajstić information content (AvgIpc) is 3.10. The van der Waals surface area contributed by atoms with Crippen LogP contribution in [0.25, 0.3) is 22.2 Å². The lowest BCUT2D eigenvalue weighted by atomic mass is 9.96. The summed E-state index contributed by atoms with van der Waals surface area (Å²) in [5.41, 5.74) is 6.49. The molecule has 1 N–H and O–H groups in total. The van der Waals surface area contributed by atoms with Crippen LogP contribution in [0.5, 0.6) is 0 Å². The van der Waals surface area contributed by atoms with Gasteiger partial charge in [0.1, 0.15) is 0 Å². The van der Waals surface area contributed by atoms with Crippen molar-refractivity contribution in [2.24, 2.45) is 7.05 Å². The molecule has 3 heterocycles. The summed E-state index contributed by atoms with van der Waals surface area (Å²) >= 11 is 0. The van der Waals surface area contributed by atoms with Gasteiger partial charge in [-0.1, -0.05) is 30.3 Å². The van der Waals surface area contributed by atoms with Crippen molar-refractivity contribution in [3.63, 3.8) is 0 Å². The fourth-order valence-electron chi connectivity index (χ4n) is 5.65. The first kappa shape index (κ1) is 21.9. The highest BCUT2D eigenvalue weighted by Crippen LogP contribution is 2.37. The maximum Gasteiger partial charge on any atom is 0.254 e. The van der Waals surface area contributed by atoms with Gasteiger partial charge in [0.25, 0.3) is 5.91 Å². The summed E-state index contributed by atoms with van der Waals surface area (Å²) < 4.78 is 2.18. The van der Waals surface area contributed by atoms with E-state index in [4.69, 9.17) is 0 Å². The van der Waals surface area contributed by atoms with E-state index >= 15 is 0 Å². The first-order valence-electron chi connectivity index (χ1n) is 11.1. The summed E-state index contributed by atoms with van der Waals surface area (Å²) in [7, 11) is 4.32. The topological polar surface area (TPSA) is 37.3 Å². The number of halogens is 1. The molecule has 3 atom stereocenters. The Bertz CT molecular complexity index is 1110. The second-order valence-electron chi connectivity index (χ2n) is 9.29. The van der Waals surface area contributed by atoms with Gasteiger partial charge >= 0.3 is 0 Å². The second kappa shape index (κ2) is 8.33. The predicted molar refractivity (Wildman–Crippen MR) is 130 cm³/mol. The van der Waals surface area contributed by atoms with E-state index in [0.717, 1.165) is 40.6 Å². The number of amides is 1. The minimum absolute atomic E-state index is 0. The highest BCUT2D eigenvalue weighted by atomic mass is 35.5. The number of aryl methyl sites for hydroxylation is 3. The molecule has 3 aromatic rings. The third kappa shape index (κ3) is 3.66. The number of nitrogens with one attached hydrogen (secondary N) is 1. The minimum atomic E-state index is 0. The Morgan fingerprint density at radius 3 is 2.23 bits per heavy atom. The number of hydrogen-bond donors (Lipinski definition) is 1. The molecule has 0 spiro atoms. The number of aromatic nitrogens is 1. The summed E-state index contributed by atoms with van der Waals surface area (Å²) in [6.45, 7) is 4.26. The molecule has 5 rings (SSSR count). The average molecular weight is 438 g/mol. The summed E-state index contributed by atoms with van der Waals surface area (Å²) in [6.07, 6.45) is 4.63. The molecule has 2 aromatic carbocycles. The van der Waals surface area contributed by atoms with E-state index in [0.29, 0.717) is 12.1 Å². The van der Waals surface area contributed by atoms with Crippen molar-refractivity contribution in [3.8, 4) is 11.3 Å². The molecule has 4 nitrogen and oxygen atoms in total. The number of benzene rings is 2. The van der Waals surface area contributed by atoms with Gasteiger partial charge in [-0.3, -0.25) is 4.79 Å². The number of fused-ring (bicyclic) bond motifs is 3. The Morgan fingerprint density at radius 1 is 0.968 bits per heavy atom. The largest absolute Gasteiger partial charge is 0.349 e. The maximum atomic E-state index is 13.7. The number of nitrogens with zero attached hydrogens (tertiary/aromatic N) is 2. The van der Waals surface area contributed by atoms with Gasteiger partial charge < -0.3 is 14.8 Å². The molecule has 5 heteroatoms. The smallest absolute Gasteiger partial charge is 0.254 e. The number of carbonyl (C=O) groups is 1. The van der Waals surface area contributed by atoms with E-state index in [-0.39, 0.29) is 24.4 Å². The van der Waals surface area contributed by atoms with E-state index in [1.54, 1.807) is 0 Å². The second-order valence-corrected chi connectivity index (χ2v) is 9.29. The van der Waals surface area contributed by atoms with Crippen LogP contribution in [0, 0.1) is 13.8 Å². The van der Waals surface area contributed by atoms with Crippen molar-refractivity contribution in [1.82, 2.24) is 14.8 Å². The fourth-order valence-corrected chi connectivity index (χ4v) is 5.65. The molecular formula is C26H32ClN3O. The van der Waals surface area contributed by atoms with Gasteiger partial charge in [0.2, 0.25) is 0 Å². The first-order valence-corrected chi connectivity index (χ1v) is 11.1. The Balaban J connectivity index is 0.00000231. The molecule has 2 fully saturated rings. The van der Waals surface area contributed by atoms with Crippen LogP contribution in [0.4, 0.5) is 0 Å². The van der Waals surface area contributed by atoms with Crippen molar-refractivity contribution in [2.75, 3.05) is 7.05 Å². The fraction of sp³-hybridized carbons (Fsp3) is 0.423. The van der Waals surface area contributed by atoms with E-state index < -0.39 is 0 Å². The summed E-state index contributed by atoms with van der Waals surface area (Å²) in [5.74, 6) is 0.0664. The Labute approximate surface area is 191 Å². The monoisotopic (exact) mass is 437 g/mol. The Hall–Kier alpha value is -2.30. The molecular weight excluding hydrogens is 406 g/mol. The van der Waals surface area contributed by atoms with Crippen LogP contribution in [0.3, 0.4) is 0 Å². The van der Waals surface area contributed by atoms with Gasteiger partial charge in [0.05, 0.1) is 11.3 Å². The lowest BCUT2D eigenvalue weighted by Crippen LogP contribution is -2.48. The number of rotatable bonds is 3. The van der Waals surface area contributed by atoms with Gasteiger partial charge in [0, 0.05) is 36.1 Å². The van der Waals surface area contributed by atoms with Gasteiger partial charge in [0.15, 0.2) is 0 Å². The van der Waals surface area contributed by atoms with Crippen LogP contribution in [0.2, 0.25) is 0 Å². The molecule has 0 aliphatic carbocycles. The highest BCUT2D eigenvalue weighted by molar-refractivity contribution is 6.13. The lowest BCUT2D eigenvalue weighted by Gasteiger charge is -2.36. The van der Waals surface area contributed by atoms with Gasteiger partial charge in [-0.05, 0) is 75.4 Å². The number of piperidine rings is 1. The van der Waals surface area contributed by atoms with Gasteiger partial charge in [-0.15, -0.1) is 12.4 Å². The molecule has 31 heavy (non-hydrogen) atoms. The molecule has 2 bridgehead atoms. The minimum Gasteiger partial charge on any atom is -0.349 e. The van der Waals surface area contributed by atoms with Crippen LogP contribution in [0.15, 0.2) is 42.5 Å². The Kier molecular flexibility index (Phi) is 5.89. The van der Waals surface area contributed by atoms with E-state index in [2.05, 4.69) is 67.0 Å². The molecule has 0 radical (unpaired) electrons. The van der Waals surface area contributed by atoms with Crippen LogP contribution < -0.4 is 5.32 Å².